The highest BCUT2D eigenvalue weighted by Gasteiger charge is 2.40. The number of rotatable bonds is 3. The van der Waals surface area contributed by atoms with E-state index in [1.807, 2.05) is 31.2 Å². The van der Waals surface area contributed by atoms with Crippen LogP contribution in [0.1, 0.15) is 31.2 Å². The zero-order valence-corrected chi connectivity index (χ0v) is 12.2. The summed E-state index contributed by atoms with van der Waals surface area (Å²) in [6, 6.07) is 7.62. The summed E-state index contributed by atoms with van der Waals surface area (Å²) in [5.41, 5.74) is -0.0377. The van der Waals surface area contributed by atoms with Crippen molar-refractivity contribution >= 4 is 5.91 Å². The fraction of sp³-hybridized carbons (Fsp3) is 0.562. The van der Waals surface area contributed by atoms with Gasteiger partial charge in [0.15, 0.2) is 0 Å². The van der Waals surface area contributed by atoms with Gasteiger partial charge in [-0.25, -0.2) is 0 Å². The molecule has 1 aromatic carbocycles. The Morgan fingerprint density at radius 3 is 3.00 bits per heavy atom. The van der Waals surface area contributed by atoms with Gasteiger partial charge in [0.1, 0.15) is 11.4 Å². The maximum Gasteiger partial charge on any atom is 0.227 e. The second-order valence-corrected chi connectivity index (χ2v) is 5.81. The predicted molar refractivity (Wildman–Crippen MR) is 77.3 cm³/mol. The van der Waals surface area contributed by atoms with E-state index in [0.717, 1.165) is 11.3 Å². The van der Waals surface area contributed by atoms with E-state index in [9.17, 15) is 9.90 Å². The normalized spacial score (nSPS) is 31.3. The third kappa shape index (κ3) is 2.76. The average molecular weight is 291 g/mol. The van der Waals surface area contributed by atoms with Crippen molar-refractivity contribution in [2.45, 2.75) is 37.4 Å². The first-order chi connectivity index (χ1) is 10.1. The summed E-state index contributed by atoms with van der Waals surface area (Å²) < 4.78 is 11.0. The van der Waals surface area contributed by atoms with Crippen LogP contribution < -0.4 is 10.1 Å². The van der Waals surface area contributed by atoms with Crippen molar-refractivity contribution in [3.63, 3.8) is 0 Å². The minimum absolute atomic E-state index is 0.0572. The van der Waals surface area contributed by atoms with Crippen molar-refractivity contribution in [3.8, 4) is 5.75 Å². The minimum atomic E-state index is -0.958. The van der Waals surface area contributed by atoms with Gasteiger partial charge in [-0.2, -0.15) is 0 Å². The molecule has 2 heterocycles. The molecular weight excluding hydrogens is 270 g/mol. The van der Waals surface area contributed by atoms with Gasteiger partial charge >= 0.3 is 0 Å². The molecule has 0 spiro atoms. The number of carbonyl (C=O) groups excluding carboxylic acids is 1. The molecule has 114 valence electrons. The fourth-order valence-electron chi connectivity index (χ4n) is 2.98. The Morgan fingerprint density at radius 2 is 2.24 bits per heavy atom. The second kappa shape index (κ2) is 5.66. The molecule has 2 aliphatic rings. The molecule has 0 saturated carbocycles. The van der Waals surface area contributed by atoms with E-state index < -0.39 is 5.60 Å². The Labute approximate surface area is 124 Å². The topological polar surface area (TPSA) is 67.8 Å². The Kier molecular flexibility index (Phi) is 3.87. The van der Waals surface area contributed by atoms with Crippen molar-refractivity contribution in [2.75, 3.05) is 19.8 Å². The molecule has 1 fully saturated rings. The molecule has 0 aliphatic carbocycles. The molecule has 3 atom stereocenters. The number of ether oxygens (including phenoxy) is 2. The van der Waals surface area contributed by atoms with Crippen LogP contribution in [0.4, 0.5) is 0 Å². The van der Waals surface area contributed by atoms with Crippen LogP contribution in [0.15, 0.2) is 24.3 Å². The van der Waals surface area contributed by atoms with Gasteiger partial charge in [-0.05, 0) is 19.4 Å². The number of carbonyl (C=O) groups is 1. The molecule has 2 N–H and O–H groups in total. The van der Waals surface area contributed by atoms with Gasteiger partial charge in [-0.3, -0.25) is 4.79 Å². The molecule has 5 nitrogen and oxygen atoms in total. The van der Waals surface area contributed by atoms with Gasteiger partial charge in [0.05, 0.1) is 18.6 Å². The number of benzene rings is 1. The predicted octanol–water partition coefficient (Wildman–Crippen LogP) is 1.21. The number of aliphatic hydroxyl groups is 1. The lowest BCUT2D eigenvalue weighted by atomic mass is 9.91. The van der Waals surface area contributed by atoms with E-state index in [1.165, 1.54) is 0 Å². The van der Waals surface area contributed by atoms with Crippen LogP contribution >= 0.6 is 0 Å². The van der Waals surface area contributed by atoms with E-state index in [4.69, 9.17) is 9.47 Å². The van der Waals surface area contributed by atoms with Crippen molar-refractivity contribution in [1.82, 2.24) is 5.32 Å². The Hall–Kier alpha value is -1.59. The van der Waals surface area contributed by atoms with Crippen molar-refractivity contribution in [3.05, 3.63) is 29.8 Å². The standard InChI is InChI=1S/C16H21NO4/c1-11-16(19,7-9-20-11)10-17-15(18)13-6-8-21-14-5-3-2-4-12(13)14/h2-5,11,13,19H,6-10H2,1H3,(H,17,18). The number of hydrogen-bond donors (Lipinski definition) is 2. The maximum absolute atomic E-state index is 12.4. The molecule has 21 heavy (non-hydrogen) atoms. The Morgan fingerprint density at radius 1 is 1.43 bits per heavy atom. The van der Waals surface area contributed by atoms with Gasteiger partial charge in [0.2, 0.25) is 5.91 Å². The third-order valence-electron chi connectivity index (χ3n) is 4.50. The van der Waals surface area contributed by atoms with Crippen molar-refractivity contribution < 1.29 is 19.4 Å². The van der Waals surface area contributed by atoms with E-state index in [1.54, 1.807) is 0 Å². The van der Waals surface area contributed by atoms with Crippen LogP contribution in [0.25, 0.3) is 0 Å². The van der Waals surface area contributed by atoms with Crippen LogP contribution in [0.2, 0.25) is 0 Å². The third-order valence-corrected chi connectivity index (χ3v) is 4.50. The van der Waals surface area contributed by atoms with Crippen LogP contribution in [-0.4, -0.2) is 42.5 Å². The summed E-state index contributed by atoms with van der Waals surface area (Å²) in [7, 11) is 0. The maximum atomic E-state index is 12.4. The lowest BCUT2D eigenvalue weighted by Gasteiger charge is -2.29. The van der Waals surface area contributed by atoms with Crippen LogP contribution in [-0.2, 0) is 9.53 Å². The van der Waals surface area contributed by atoms with E-state index in [0.29, 0.717) is 26.1 Å². The zero-order valence-electron chi connectivity index (χ0n) is 12.2. The van der Waals surface area contributed by atoms with E-state index >= 15 is 0 Å². The first kappa shape index (κ1) is 14.4. The highest BCUT2D eigenvalue weighted by molar-refractivity contribution is 5.84. The van der Waals surface area contributed by atoms with Crippen LogP contribution in [0.5, 0.6) is 5.75 Å². The molecule has 0 bridgehead atoms. The molecule has 2 aliphatic heterocycles. The van der Waals surface area contributed by atoms with Gasteiger partial charge in [0.25, 0.3) is 0 Å². The van der Waals surface area contributed by atoms with Crippen LogP contribution in [0, 0.1) is 0 Å². The van der Waals surface area contributed by atoms with Gasteiger partial charge in [-0.1, -0.05) is 18.2 Å². The number of nitrogens with one attached hydrogen (secondary N) is 1. The largest absolute Gasteiger partial charge is 0.493 e. The van der Waals surface area contributed by atoms with Crippen LogP contribution in [0.3, 0.4) is 0 Å². The quantitative estimate of drug-likeness (QED) is 0.878. The lowest BCUT2D eigenvalue weighted by Crippen LogP contribution is -2.48. The van der Waals surface area contributed by atoms with E-state index in [-0.39, 0.29) is 24.5 Å². The summed E-state index contributed by atoms with van der Waals surface area (Å²) >= 11 is 0. The number of para-hydroxylation sites is 1. The molecule has 0 aromatic heterocycles. The molecule has 3 rings (SSSR count). The highest BCUT2D eigenvalue weighted by Crippen LogP contribution is 2.33. The SMILES string of the molecule is CC1OCCC1(O)CNC(=O)C1CCOc2ccccc21. The Balaban J connectivity index is 1.67. The van der Waals surface area contributed by atoms with Gasteiger partial charge < -0.3 is 19.9 Å². The Bertz CT molecular complexity index is 533. The second-order valence-electron chi connectivity index (χ2n) is 5.81. The summed E-state index contributed by atoms with van der Waals surface area (Å²) in [5, 5.41) is 13.3. The fourth-order valence-corrected chi connectivity index (χ4v) is 2.98. The van der Waals surface area contributed by atoms with E-state index in [2.05, 4.69) is 5.32 Å². The summed E-state index contributed by atoms with van der Waals surface area (Å²) in [6.07, 6.45) is 0.964. The number of hydrogen-bond acceptors (Lipinski definition) is 4. The molecule has 3 unspecified atom stereocenters. The zero-order chi connectivity index (χ0) is 14.9. The molecular formula is C16H21NO4. The first-order valence-electron chi connectivity index (χ1n) is 7.43. The highest BCUT2D eigenvalue weighted by atomic mass is 16.5. The number of fused-ring (bicyclic) bond motifs is 1. The molecule has 1 aromatic rings. The molecule has 5 heteroatoms. The van der Waals surface area contributed by atoms with Crippen molar-refractivity contribution in [2.24, 2.45) is 0 Å². The average Bonchev–Trinajstić information content (AvgIpc) is 2.84. The van der Waals surface area contributed by atoms with Gasteiger partial charge in [-0.15, -0.1) is 0 Å². The first-order valence-corrected chi connectivity index (χ1v) is 7.43. The monoisotopic (exact) mass is 291 g/mol. The smallest absolute Gasteiger partial charge is 0.227 e. The number of amides is 1. The molecule has 0 radical (unpaired) electrons. The van der Waals surface area contributed by atoms with Gasteiger partial charge in [0, 0.05) is 25.1 Å². The summed E-state index contributed by atoms with van der Waals surface area (Å²) in [4.78, 5) is 12.4. The minimum Gasteiger partial charge on any atom is -0.493 e. The lowest BCUT2D eigenvalue weighted by molar-refractivity contribution is -0.125. The van der Waals surface area contributed by atoms with Crippen molar-refractivity contribution in [1.29, 1.82) is 0 Å². The molecule has 1 saturated heterocycles. The summed E-state index contributed by atoms with van der Waals surface area (Å²) in [5.74, 6) is 0.509. The molecule has 1 amide bonds. The summed E-state index contributed by atoms with van der Waals surface area (Å²) in [6.45, 7) is 3.14.